The molecule has 0 saturated heterocycles. The van der Waals surface area contributed by atoms with E-state index >= 15 is 0 Å². The molecule has 0 aliphatic carbocycles. The molecule has 2 heteroatoms. The molecule has 0 rings (SSSR count). The summed E-state index contributed by atoms with van der Waals surface area (Å²) in [7, 11) is 1.93. The Morgan fingerprint density at radius 2 is 2.20 bits per heavy atom. The summed E-state index contributed by atoms with van der Waals surface area (Å²) in [6, 6.07) is 0. The largest absolute Gasteiger partial charge is 0.276 e. The minimum atomic E-state index is 1.02. The highest BCUT2D eigenvalue weighted by atomic mass is 15.4. The molecular weight excluding hydrogens is 124 g/mol. The van der Waals surface area contributed by atoms with Gasteiger partial charge in [0.1, 0.15) is 0 Å². The fourth-order valence-corrected chi connectivity index (χ4v) is 0.589. The predicted molar refractivity (Wildman–Crippen MR) is 46.0 cm³/mol. The lowest BCUT2D eigenvalue weighted by Gasteiger charge is -2.06. The maximum Gasteiger partial charge on any atom is 0.0351 e. The van der Waals surface area contributed by atoms with E-state index in [4.69, 9.17) is 0 Å². The molecule has 0 aromatic heterocycles. The van der Waals surface area contributed by atoms with Crippen LogP contribution in [0.1, 0.15) is 27.2 Å². The molecular formula is C8H16N2. The quantitative estimate of drug-likeness (QED) is 0.433. The molecule has 2 nitrogen and oxygen atoms in total. The molecule has 0 bridgehead atoms. The fourth-order valence-electron chi connectivity index (χ4n) is 0.589. The summed E-state index contributed by atoms with van der Waals surface area (Å²) in [4.78, 5) is 0. The average molecular weight is 140 g/mol. The van der Waals surface area contributed by atoms with Gasteiger partial charge < -0.3 is 0 Å². The Morgan fingerprint density at radius 1 is 1.60 bits per heavy atom. The van der Waals surface area contributed by atoms with E-state index in [1.165, 1.54) is 0 Å². The van der Waals surface area contributed by atoms with Crippen molar-refractivity contribution >= 4 is 5.71 Å². The molecule has 0 fully saturated rings. The third-order valence-corrected chi connectivity index (χ3v) is 1.20. The Labute approximate surface area is 63.2 Å². The smallest absolute Gasteiger partial charge is 0.0351 e. The molecule has 58 valence electrons. The fraction of sp³-hybridized carbons (Fsp3) is 0.625. The van der Waals surface area contributed by atoms with E-state index in [9.17, 15) is 0 Å². The van der Waals surface area contributed by atoms with Gasteiger partial charge in [-0.2, -0.15) is 5.10 Å². The van der Waals surface area contributed by atoms with Crippen molar-refractivity contribution < 1.29 is 0 Å². The van der Waals surface area contributed by atoms with Crippen LogP contribution in [0, 0.1) is 0 Å². The van der Waals surface area contributed by atoms with Gasteiger partial charge >= 0.3 is 0 Å². The van der Waals surface area contributed by atoms with Gasteiger partial charge in [0.2, 0.25) is 0 Å². The molecule has 0 aliphatic heterocycles. The molecule has 0 aromatic carbocycles. The van der Waals surface area contributed by atoms with Crippen molar-refractivity contribution in [2.75, 3.05) is 7.05 Å². The number of hydrazone groups is 1. The van der Waals surface area contributed by atoms with Crippen molar-refractivity contribution in [3.05, 3.63) is 12.3 Å². The first-order valence-corrected chi connectivity index (χ1v) is 3.60. The van der Waals surface area contributed by atoms with Crippen molar-refractivity contribution in [3.8, 4) is 0 Å². The highest BCUT2D eigenvalue weighted by molar-refractivity contribution is 5.81. The van der Waals surface area contributed by atoms with Gasteiger partial charge in [0.25, 0.3) is 0 Å². The molecule has 0 unspecified atom stereocenters. The van der Waals surface area contributed by atoms with Crippen LogP contribution in [-0.4, -0.2) is 17.8 Å². The van der Waals surface area contributed by atoms with Crippen LogP contribution in [0.2, 0.25) is 0 Å². The summed E-state index contributed by atoms with van der Waals surface area (Å²) in [5.74, 6) is 0. The molecule has 0 radical (unpaired) electrons. The Kier molecular flexibility index (Phi) is 4.63. The van der Waals surface area contributed by atoms with Crippen molar-refractivity contribution in [1.82, 2.24) is 5.01 Å². The summed E-state index contributed by atoms with van der Waals surface area (Å²) in [5.41, 5.74) is 1.15. The Bertz CT molecular complexity index is 136. The molecule has 0 N–H and O–H groups in total. The number of allylic oxidation sites excluding steroid dienone is 1. The van der Waals surface area contributed by atoms with Gasteiger partial charge in [-0.05, 0) is 20.3 Å². The maximum atomic E-state index is 4.25. The van der Waals surface area contributed by atoms with E-state index < -0.39 is 0 Å². The highest BCUT2D eigenvalue weighted by Gasteiger charge is 1.86. The first-order valence-electron chi connectivity index (χ1n) is 3.60. The minimum absolute atomic E-state index is 1.02. The van der Waals surface area contributed by atoms with E-state index in [1.54, 1.807) is 0 Å². The van der Waals surface area contributed by atoms with E-state index in [-0.39, 0.29) is 0 Å². The van der Waals surface area contributed by atoms with E-state index in [2.05, 4.69) is 12.0 Å². The lowest BCUT2D eigenvalue weighted by atomic mass is 10.3. The maximum absolute atomic E-state index is 4.25. The molecule has 0 aromatic rings. The summed E-state index contributed by atoms with van der Waals surface area (Å²) in [6.45, 7) is 6.11. The Balaban J connectivity index is 3.86. The first kappa shape index (κ1) is 9.21. The summed E-state index contributed by atoms with van der Waals surface area (Å²) >= 11 is 0. The third kappa shape index (κ3) is 4.13. The second-order valence-electron chi connectivity index (χ2n) is 2.24. The standard InChI is InChI=1S/C8H16N2/c1-5-7-10(4)9-8(3)6-2/h5,7H,6H2,1-4H3/b7-5-,9-8-. The van der Waals surface area contributed by atoms with E-state index in [0.717, 1.165) is 12.1 Å². The van der Waals surface area contributed by atoms with Gasteiger partial charge in [-0.1, -0.05) is 13.0 Å². The molecule has 0 spiro atoms. The Morgan fingerprint density at radius 3 is 2.60 bits per heavy atom. The van der Waals surface area contributed by atoms with Gasteiger partial charge in [-0.3, -0.25) is 5.01 Å². The molecule has 0 aliphatic rings. The topological polar surface area (TPSA) is 15.6 Å². The van der Waals surface area contributed by atoms with Crippen molar-refractivity contribution in [3.63, 3.8) is 0 Å². The van der Waals surface area contributed by atoms with Crippen LogP contribution in [0.3, 0.4) is 0 Å². The number of hydrogen-bond acceptors (Lipinski definition) is 2. The van der Waals surface area contributed by atoms with Crippen LogP contribution in [0.25, 0.3) is 0 Å². The second-order valence-corrected chi connectivity index (χ2v) is 2.24. The SMILES string of the molecule is C/C=C\N(C)/N=C(/C)CC. The monoisotopic (exact) mass is 140 g/mol. The van der Waals surface area contributed by atoms with Gasteiger partial charge in [-0.25, -0.2) is 0 Å². The first-order chi connectivity index (χ1) is 4.70. The predicted octanol–water partition coefficient (Wildman–Crippen LogP) is 2.24. The summed E-state index contributed by atoms with van der Waals surface area (Å²) in [6.07, 6.45) is 4.91. The number of nitrogens with zero attached hydrogens (tertiary/aromatic N) is 2. The zero-order chi connectivity index (χ0) is 7.98. The van der Waals surface area contributed by atoms with Crippen molar-refractivity contribution in [2.45, 2.75) is 27.2 Å². The second kappa shape index (κ2) is 5.03. The lowest BCUT2D eigenvalue weighted by Crippen LogP contribution is -2.04. The summed E-state index contributed by atoms with van der Waals surface area (Å²) in [5, 5.41) is 6.07. The molecule has 0 heterocycles. The highest BCUT2D eigenvalue weighted by Crippen LogP contribution is 1.90. The van der Waals surface area contributed by atoms with Crippen LogP contribution in [-0.2, 0) is 0 Å². The minimum Gasteiger partial charge on any atom is -0.276 e. The average Bonchev–Trinajstić information content (AvgIpc) is 1.88. The zero-order valence-corrected chi connectivity index (χ0v) is 7.26. The molecule has 10 heavy (non-hydrogen) atoms. The zero-order valence-electron chi connectivity index (χ0n) is 7.26. The van der Waals surface area contributed by atoms with Crippen LogP contribution < -0.4 is 0 Å². The van der Waals surface area contributed by atoms with E-state index in [1.807, 2.05) is 38.2 Å². The number of hydrogen-bond donors (Lipinski definition) is 0. The van der Waals surface area contributed by atoms with Crippen LogP contribution in [0.4, 0.5) is 0 Å². The molecule has 0 saturated carbocycles. The third-order valence-electron chi connectivity index (χ3n) is 1.20. The van der Waals surface area contributed by atoms with Crippen molar-refractivity contribution in [2.24, 2.45) is 5.10 Å². The van der Waals surface area contributed by atoms with Gasteiger partial charge in [0.05, 0.1) is 0 Å². The Hall–Kier alpha value is -0.790. The molecule has 0 atom stereocenters. The van der Waals surface area contributed by atoms with Crippen molar-refractivity contribution in [1.29, 1.82) is 0 Å². The van der Waals surface area contributed by atoms with E-state index in [0.29, 0.717) is 0 Å². The van der Waals surface area contributed by atoms with Crippen LogP contribution in [0.15, 0.2) is 17.4 Å². The number of rotatable bonds is 3. The lowest BCUT2D eigenvalue weighted by molar-refractivity contribution is 0.487. The summed E-state index contributed by atoms with van der Waals surface area (Å²) < 4.78 is 0. The molecule has 0 amide bonds. The normalized spacial score (nSPS) is 12.6. The van der Waals surface area contributed by atoms with Gasteiger partial charge in [0, 0.05) is 19.0 Å². The van der Waals surface area contributed by atoms with Crippen LogP contribution in [0.5, 0.6) is 0 Å². The van der Waals surface area contributed by atoms with Gasteiger partial charge in [0.15, 0.2) is 0 Å². The van der Waals surface area contributed by atoms with Gasteiger partial charge in [-0.15, -0.1) is 0 Å². The van der Waals surface area contributed by atoms with Crippen LogP contribution >= 0.6 is 0 Å².